The van der Waals surface area contributed by atoms with Crippen LogP contribution in [-0.2, 0) is 6.54 Å². The number of para-hydroxylation sites is 2. The lowest BCUT2D eigenvalue weighted by atomic mass is 10.3. The zero-order valence-corrected chi connectivity index (χ0v) is 12.0. The second-order valence-electron chi connectivity index (χ2n) is 4.37. The summed E-state index contributed by atoms with van der Waals surface area (Å²) in [6, 6.07) is 7.77. The van der Waals surface area contributed by atoms with E-state index >= 15 is 0 Å². The molecule has 5 nitrogen and oxygen atoms in total. The molecule has 0 aliphatic carbocycles. The number of hydrogen-bond acceptors (Lipinski definition) is 5. The fourth-order valence-corrected chi connectivity index (χ4v) is 2.71. The molecule has 2 aromatic heterocycles. The first kappa shape index (κ1) is 14.5. The molecular formula is C14H11F2N3O2S. The molecule has 0 spiro atoms. The summed E-state index contributed by atoms with van der Waals surface area (Å²) in [5, 5.41) is 4.73. The van der Waals surface area contributed by atoms with Crippen molar-refractivity contribution in [3.8, 4) is 5.75 Å². The van der Waals surface area contributed by atoms with Gasteiger partial charge in [-0.25, -0.2) is 4.98 Å². The van der Waals surface area contributed by atoms with Crippen LogP contribution in [0.5, 0.6) is 5.75 Å². The van der Waals surface area contributed by atoms with E-state index in [4.69, 9.17) is 0 Å². The van der Waals surface area contributed by atoms with Crippen molar-refractivity contribution in [2.45, 2.75) is 13.2 Å². The first-order valence-electron chi connectivity index (χ1n) is 6.37. The second kappa shape index (κ2) is 6.10. The Hall–Kier alpha value is -2.48. The van der Waals surface area contributed by atoms with Crippen LogP contribution in [-0.4, -0.2) is 16.0 Å². The number of benzene rings is 1. The van der Waals surface area contributed by atoms with Crippen LogP contribution in [0.4, 0.5) is 14.5 Å². The lowest BCUT2D eigenvalue weighted by Crippen LogP contribution is -2.15. The summed E-state index contributed by atoms with van der Waals surface area (Å²) in [7, 11) is 0. The Morgan fingerprint density at radius 2 is 2.18 bits per heavy atom. The molecule has 0 bridgehead atoms. The van der Waals surface area contributed by atoms with Crippen molar-refractivity contribution in [2.24, 2.45) is 0 Å². The van der Waals surface area contributed by atoms with E-state index in [1.807, 2.05) is 0 Å². The van der Waals surface area contributed by atoms with E-state index in [1.165, 1.54) is 27.9 Å². The monoisotopic (exact) mass is 323 g/mol. The van der Waals surface area contributed by atoms with Crippen molar-refractivity contribution in [2.75, 3.05) is 5.32 Å². The van der Waals surface area contributed by atoms with Crippen LogP contribution >= 0.6 is 11.3 Å². The maximum absolute atomic E-state index is 12.4. The predicted molar refractivity (Wildman–Crippen MR) is 79.7 cm³/mol. The lowest BCUT2D eigenvalue weighted by Gasteiger charge is -2.12. The van der Waals surface area contributed by atoms with Crippen LogP contribution in [0.1, 0.15) is 5.69 Å². The number of nitrogens with zero attached hydrogens (tertiary/aromatic N) is 2. The minimum atomic E-state index is -2.90. The van der Waals surface area contributed by atoms with Crippen molar-refractivity contribution in [1.82, 2.24) is 9.38 Å². The van der Waals surface area contributed by atoms with Gasteiger partial charge in [0.25, 0.3) is 5.56 Å². The van der Waals surface area contributed by atoms with E-state index in [0.717, 1.165) is 0 Å². The highest BCUT2D eigenvalue weighted by Gasteiger charge is 2.09. The molecule has 0 radical (unpaired) electrons. The van der Waals surface area contributed by atoms with Gasteiger partial charge in [-0.1, -0.05) is 12.1 Å². The van der Waals surface area contributed by atoms with Gasteiger partial charge in [-0.05, 0) is 12.1 Å². The molecule has 0 aliphatic rings. The third-order valence-corrected chi connectivity index (χ3v) is 3.68. The Labute approximate surface area is 127 Å². The molecule has 1 N–H and O–H groups in total. The molecule has 0 saturated carbocycles. The third kappa shape index (κ3) is 3.06. The Morgan fingerprint density at radius 3 is 3.00 bits per heavy atom. The number of fused-ring (bicyclic) bond motifs is 1. The normalized spacial score (nSPS) is 11.0. The van der Waals surface area contributed by atoms with E-state index in [1.54, 1.807) is 29.8 Å². The van der Waals surface area contributed by atoms with E-state index in [9.17, 15) is 13.6 Å². The van der Waals surface area contributed by atoms with Gasteiger partial charge in [-0.15, -0.1) is 11.3 Å². The van der Waals surface area contributed by atoms with Gasteiger partial charge in [0.1, 0.15) is 5.75 Å². The number of thiazole rings is 1. The van der Waals surface area contributed by atoms with Crippen LogP contribution in [0.3, 0.4) is 0 Å². The highest BCUT2D eigenvalue weighted by Crippen LogP contribution is 2.25. The van der Waals surface area contributed by atoms with Gasteiger partial charge < -0.3 is 10.1 Å². The minimum Gasteiger partial charge on any atom is -0.433 e. The molecule has 3 aromatic rings. The molecule has 8 heteroatoms. The molecule has 114 valence electrons. The fourth-order valence-electron chi connectivity index (χ4n) is 1.98. The SMILES string of the molecule is O=c1cc(CNc2ccccc2OC(F)F)nc2sccn12. The molecule has 22 heavy (non-hydrogen) atoms. The molecule has 3 rings (SSSR count). The number of rotatable bonds is 5. The summed E-state index contributed by atoms with van der Waals surface area (Å²) < 4.78 is 30.6. The average Bonchev–Trinajstić information content (AvgIpc) is 2.95. The topological polar surface area (TPSA) is 55.6 Å². The Morgan fingerprint density at radius 1 is 1.36 bits per heavy atom. The number of ether oxygens (including phenoxy) is 1. The maximum Gasteiger partial charge on any atom is 0.387 e. The molecule has 0 atom stereocenters. The molecule has 1 aromatic carbocycles. The van der Waals surface area contributed by atoms with Crippen LogP contribution in [0.25, 0.3) is 4.96 Å². The maximum atomic E-state index is 12.4. The summed E-state index contributed by atoms with van der Waals surface area (Å²) in [4.78, 5) is 16.8. The lowest BCUT2D eigenvalue weighted by molar-refractivity contribution is -0.0493. The van der Waals surface area contributed by atoms with Gasteiger partial charge in [-0.3, -0.25) is 9.20 Å². The van der Waals surface area contributed by atoms with E-state index in [-0.39, 0.29) is 17.9 Å². The molecular weight excluding hydrogens is 312 g/mol. The van der Waals surface area contributed by atoms with Crippen LogP contribution in [0, 0.1) is 0 Å². The summed E-state index contributed by atoms with van der Waals surface area (Å²) in [6.07, 6.45) is 1.65. The van der Waals surface area contributed by atoms with Crippen molar-refractivity contribution in [3.63, 3.8) is 0 Å². The zero-order chi connectivity index (χ0) is 15.5. The zero-order valence-electron chi connectivity index (χ0n) is 11.2. The molecule has 0 aliphatic heterocycles. The van der Waals surface area contributed by atoms with E-state index in [2.05, 4.69) is 15.0 Å². The predicted octanol–water partition coefficient (Wildman–Crippen LogP) is 2.97. The number of alkyl halides is 2. The van der Waals surface area contributed by atoms with E-state index < -0.39 is 6.61 Å². The number of nitrogens with one attached hydrogen (secondary N) is 1. The summed E-state index contributed by atoms with van der Waals surface area (Å²) in [5.41, 5.74) is 0.760. The highest BCUT2D eigenvalue weighted by atomic mass is 32.1. The quantitative estimate of drug-likeness (QED) is 0.784. The largest absolute Gasteiger partial charge is 0.433 e. The van der Waals surface area contributed by atoms with Crippen molar-refractivity contribution in [1.29, 1.82) is 0 Å². The first-order chi connectivity index (χ1) is 10.6. The van der Waals surface area contributed by atoms with Crippen LogP contribution in [0.2, 0.25) is 0 Å². The van der Waals surface area contributed by atoms with Crippen molar-refractivity contribution < 1.29 is 13.5 Å². The van der Waals surface area contributed by atoms with Crippen LogP contribution < -0.4 is 15.6 Å². The smallest absolute Gasteiger partial charge is 0.387 e. The standard InChI is InChI=1S/C14H11F2N3O2S/c15-13(16)21-11-4-2-1-3-10(11)17-8-9-7-12(20)19-5-6-22-14(19)18-9/h1-7,13,17H,8H2. The molecule has 0 fully saturated rings. The van der Waals surface area contributed by atoms with Crippen molar-refractivity contribution >= 4 is 22.0 Å². The number of halogens is 2. The third-order valence-electron chi connectivity index (χ3n) is 2.92. The van der Waals surface area contributed by atoms with Gasteiger partial charge in [0.2, 0.25) is 0 Å². The summed E-state index contributed by atoms with van der Waals surface area (Å²) in [5.74, 6) is 0.0476. The van der Waals surface area contributed by atoms with Crippen molar-refractivity contribution in [3.05, 3.63) is 58.0 Å². The fraction of sp³-hybridized carbons (Fsp3) is 0.143. The first-order valence-corrected chi connectivity index (χ1v) is 7.25. The highest BCUT2D eigenvalue weighted by molar-refractivity contribution is 7.15. The van der Waals surface area contributed by atoms with Gasteiger partial charge in [0.15, 0.2) is 4.96 Å². The molecule has 0 amide bonds. The van der Waals surface area contributed by atoms with Gasteiger partial charge in [0.05, 0.1) is 17.9 Å². The van der Waals surface area contributed by atoms with Gasteiger partial charge in [-0.2, -0.15) is 8.78 Å². The Bertz CT molecular complexity index is 847. The average molecular weight is 323 g/mol. The number of aromatic nitrogens is 2. The minimum absolute atomic E-state index is 0.0476. The van der Waals surface area contributed by atoms with Crippen LogP contribution in [0.15, 0.2) is 46.7 Å². The second-order valence-corrected chi connectivity index (χ2v) is 5.24. The Balaban J connectivity index is 1.80. The Kier molecular flexibility index (Phi) is 4.01. The van der Waals surface area contributed by atoms with Gasteiger partial charge >= 0.3 is 6.61 Å². The number of anilines is 1. The molecule has 0 unspecified atom stereocenters. The molecule has 0 saturated heterocycles. The number of hydrogen-bond donors (Lipinski definition) is 1. The van der Waals surface area contributed by atoms with Gasteiger partial charge in [0, 0.05) is 17.6 Å². The van der Waals surface area contributed by atoms with E-state index in [0.29, 0.717) is 16.3 Å². The summed E-state index contributed by atoms with van der Waals surface area (Å²) in [6.45, 7) is -2.67. The molecule has 2 heterocycles. The summed E-state index contributed by atoms with van der Waals surface area (Å²) >= 11 is 1.35.